The van der Waals surface area contributed by atoms with E-state index in [1.165, 1.54) is 24.3 Å². The third kappa shape index (κ3) is 4.34. The zero-order chi connectivity index (χ0) is 12.2. The van der Waals surface area contributed by atoms with E-state index in [1.54, 1.807) is 0 Å². The molecule has 2 N–H and O–H groups in total. The lowest BCUT2D eigenvalue weighted by Crippen LogP contribution is -2.24. The maximum Gasteiger partial charge on any atom is 0.333 e. The standard InChI is InChI=1S/C8H10N2O5S/c11-10(12)8-3-1-7(2-4-8)5-6-9-16(13,14)15/h1-4,9H,5-6H2,(H,13,14,15). The summed E-state index contributed by atoms with van der Waals surface area (Å²) in [6.45, 7) is 0.0383. The van der Waals surface area contributed by atoms with E-state index in [9.17, 15) is 18.5 Å². The fourth-order valence-corrected chi connectivity index (χ4v) is 1.47. The first-order valence-corrected chi connectivity index (χ1v) is 5.78. The van der Waals surface area contributed by atoms with Crippen LogP contribution in [-0.4, -0.2) is 24.4 Å². The van der Waals surface area contributed by atoms with Gasteiger partial charge in [0, 0.05) is 18.7 Å². The van der Waals surface area contributed by atoms with Crippen LogP contribution in [0, 0.1) is 10.1 Å². The summed E-state index contributed by atoms with van der Waals surface area (Å²) in [6.07, 6.45) is 0.345. The first-order chi connectivity index (χ1) is 7.38. The topological polar surface area (TPSA) is 110 Å². The molecule has 0 atom stereocenters. The molecule has 0 heterocycles. The molecule has 0 radical (unpaired) electrons. The Kier molecular flexibility index (Phi) is 3.93. The second-order valence-electron chi connectivity index (χ2n) is 3.04. The Morgan fingerprint density at radius 2 is 1.88 bits per heavy atom. The van der Waals surface area contributed by atoms with Crippen LogP contribution in [0.25, 0.3) is 0 Å². The minimum absolute atomic E-state index is 0.0218. The van der Waals surface area contributed by atoms with Gasteiger partial charge in [-0.2, -0.15) is 13.1 Å². The van der Waals surface area contributed by atoms with Gasteiger partial charge in [0.1, 0.15) is 0 Å². The molecule has 0 unspecified atom stereocenters. The molecular weight excluding hydrogens is 236 g/mol. The first-order valence-electron chi connectivity index (χ1n) is 4.34. The third-order valence-corrected chi connectivity index (χ3v) is 2.41. The van der Waals surface area contributed by atoms with Crippen LogP contribution in [0.15, 0.2) is 24.3 Å². The SMILES string of the molecule is O=[N+]([O-])c1ccc(CCNS(=O)(=O)O)cc1. The molecule has 0 saturated carbocycles. The van der Waals surface area contributed by atoms with Gasteiger partial charge in [-0.25, -0.2) is 0 Å². The molecule has 0 saturated heterocycles. The van der Waals surface area contributed by atoms with Crippen molar-refractivity contribution in [1.82, 2.24) is 4.72 Å². The lowest BCUT2D eigenvalue weighted by atomic mass is 10.1. The molecule has 0 amide bonds. The molecule has 0 spiro atoms. The number of benzene rings is 1. The van der Waals surface area contributed by atoms with Crippen molar-refractivity contribution in [3.63, 3.8) is 0 Å². The fraction of sp³-hybridized carbons (Fsp3) is 0.250. The first kappa shape index (κ1) is 12.6. The smallest absolute Gasteiger partial charge is 0.273 e. The zero-order valence-electron chi connectivity index (χ0n) is 8.16. The van der Waals surface area contributed by atoms with Crippen LogP contribution < -0.4 is 4.72 Å². The monoisotopic (exact) mass is 246 g/mol. The second kappa shape index (κ2) is 5.01. The van der Waals surface area contributed by atoms with Crippen molar-refractivity contribution in [1.29, 1.82) is 0 Å². The highest BCUT2D eigenvalue weighted by molar-refractivity contribution is 7.83. The number of rotatable bonds is 5. The van der Waals surface area contributed by atoms with Crippen molar-refractivity contribution in [3.8, 4) is 0 Å². The van der Waals surface area contributed by atoms with E-state index in [1.807, 2.05) is 4.72 Å². The summed E-state index contributed by atoms with van der Waals surface area (Å²) in [6, 6.07) is 5.74. The van der Waals surface area contributed by atoms with Gasteiger partial charge in [0.2, 0.25) is 0 Å². The van der Waals surface area contributed by atoms with Gasteiger partial charge in [-0.3, -0.25) is 14.7 Å². The van der Waals surface area contributed by atoms with Crippen LogP contribution in [0.5, 0.6) is 0 Å². The van der Waals surface area contributed by atoms with Gasteiger partial charge in [-0.15, -0.1) is 0 Å². The maximum absolute atomic E-state index is 10.3. The molecule has 0 aliphatic rings. The lowest BCUT2D eigenvalue weighted by molar-refractivity contribution is -0.384. The Morgan fingerprint density at radius 1 is 1.31 bits per heavy atom. The maximum atomic E-state index is 10.3. The van der Waals surface area contributed by atoms with Crippen LogP contribution in [-0.2, 0) is 16.7 Å². The normalized spacial score (nSPS) is 11.3. The van der Waals surface area contributed by atoms with Crippen LogP contribution in [0.3, 0.4) is 0 Å². The van der Waals surface area contributed by atoms with Gasteiger partial charge < -0.3 is 0 Å². The Bertz CT molecular complexity index is 468. The van der Waals surface area contributed by atoms with Gasteiger partial charge in [0.15, 0.2) is 0 Å². The summed E-state index contributed by atoms with van der Waals surface area (Å²) in [5, 5.41) is 10.3. The van der Waals surface area contributed by atoms with Gasteiger partial charge in [0.05, 0.1) is 4.92 Å². The van der Waals surface area contributed by atoms with Crippen molar-refractivity contribution in [2.45, 2.75) is 6.42 Å². The molecule has 88 valence electrons. The minimum atomic E-state index is -4.17. The number of nitro benzene ring substituents is 1. The van der Waals surface area contributed by atoms with E-state index in [4.69, 9.17) is 4.55 Å². The van der Waals surface area contributed by atoms with Crippen molar-refractivity contribution in [2.75, 3.05) is 6.54 Å². The van der Waals surface area contributed by atoms with Crippen molar-refractivity contribution in [3.05, 3.63) is 39.9 Å². The second-order valence-corrected chi connectivity index (χ2v) is 4.28. The van der Waals surface area contributed by atoms with Crippen LogP contribution in [0.1, 0.15) is 5.56 Å². The van der Waals surface area contributed by atoms with Crippen molar-refractivity contribution in [2.24, 2.45) is 0 Å². The largest absolute Gasteiger partial charge is 0.333 e. The summed E-state index contributed by atoms with van der Waals surface area (Å²) in [7, 11) is -4.17. The number of hydrogen-bond donors (Lipinski definition) is 2. The molecule has 0 aliphatic carbocycles. The third-order valence-electron chi connectivity index (χ3n) is 1.85. The highest BCUT2D eigenvalue weighted by Gasteiger charge is 2.05. The van der Waals surface area contributed by atoms with Crippen LogP contribution >= 0.6 is 0 Å². The van der Waals surface area contributed by atoms with E-state index in [0.717, 1.165) is 5.56 Å². The Morgan fingerprint density at radius 3 is 2.31 bits per heavy atom. The zero-order valence-corrected chi connectivity index (χ0v) is 8.98. The summed E-state index contributed by atoms with van der Waals surface area (Å²) in [5.74, 6) is 0. The fourth-order valence-electron chi connectivity index (χ4n) is 1.11. The Labute approximate surface area is 92.1 Å². The number of non-ortho nitro benzene ring substituents is 1. The highest BCUT2D eigenvalue weighted by Crippen LogP contribution is 2.11. The molecule has 0 aromatic heterocycles. The number of nitrogens with zero attached hydrogens (tertiary/aromatic N) is 1. The Balaban J connectivity index is 2.53. The summed E-state index contributed by atoms with van der Waals surface area (Å²) < 4.78 is 30.9. The van der Waals surface area contributed by atoms with E-state index >= 15 is 0 Å². The molecule has 16 heavy (non-hydrogen) atoms. The van der Waals surface area contributed by atoms with Gasteiger partial charge in [-0.05, 0) is 12.0 Å². The van der Waals surface area contributed by atoms with E-state index < -0.39 is 15.2 Å². The predicted octanol–water partition coefficient (Wildman–Crippen LogP) is 0.530. The molecule has 7 nitrogen and oxygen atoms in total. The lowest BCUT2D eigenvalue weighted by Gasteiger charge is -2.01. The molecule has 0 aliphatic heterocycles. The summed E-state index contributed by atoms with van der Waals surface area (Å²) in [4.78, 5) is 9.82. The van der Waals surface area contributed by atoms with Crippen LogP contribution in [0.4, 0.5) is 5.69 Å². The molecule has 0 fully saturated rings. The summed E-state index contributed by atoms with van der Waals surface area (Å²) >= 11 is 0. The van der Waals surface area contributed by atoms with Gasteiger partial charge in [-0.1, -0.05) is 12.1 Å². The quantitative estimate of drug-likeness (QED) is 0.447. The Hall–Kier alpha value is -1.51. The van der Waals surface area contributed by atoms with E-state index in [0.29, 0.717) is 6.42 Å². The molecule has 8 heteroatoms. The molecule has 1 aromatic rings. The number of nitro groups is 1. The molecular formula is C8H10N2O5S. The van der Waals surface area contributed by atoms with Gasteiger partial charge >= 0.3 is 10.3 Å². The summed E-state index contributed by atoms with van der Waals surface area (Å²) in [5.41, 5.74) is 0.716. The average molecular weight is 246 g/mol. The highest BCUT2D eigenvalue weighted by atomic mass is 32.2. The van der Waals surface area contributed by atoms with Crippen molar-refractivity contribution < 1.29 is 17.9 Å². The molecule has 1 rings (SSSR count). The van der Waals surface area contributed by atoms with E-state index in [2.05, 4.69) is 0 Å². The number of hydrogen-bond acceptors (Lipinski definition) is 4. The predicted molar refractivity (Wildman–Crippen MR) is 56.4 cm³/mol. The van der Waals surface area contributed by atoms with Gasteiger partial charge in [0.25, 0.3) is 5.69 Å². The average Bonchev–Trinajstić information content (AvgIpc) is 2.16. The minimum Gasteiger partial charge on any atom is -0.273 e. The van der Waals surface area contributed by atoms with Crippen molar-refractivity contribution >= 4 is 16.0 Å². The molecule has 0 bridgehead atoms. The van der Waals surface area contributed by atoms with E-state index in [-0.39, 0.29) is 12.2 Å². The van der Waals surface area contributed by atoms with Crippen LogP contribution in [0.2, 0.25) is 0 Å². The molecule has 1 aromatic carbocycles. The number of nitrogens with one attached hydrogen (secondary N) is 1.